The molecule has 1 aromatic heterocycles. The Morgan fingerprint density at radius 2 is 2.50 bits per heavy atom. The minimum Gasteiger partial charge on any atom is -0.468 e. The van der Waals surface area contributed by atoms with Crippen LogP contribution in [-0.2, 0) is 11.3 Å². The molecule has 3 nitrogen and oxygen atoms in total. The predicted molar refractivity (Wildman–Crippen MR) is 44.8 cm³/mol. The zero-order valence-corrected chi connectivity index (χ0v) is 7.19. The summed E-state index contributed by atoms with van der Waals surface area (Å²) in [6.07, 6.45) is 2.17. The van der Waals surface area contributed by atoms with Gasteiger partial charge in [-0.3, -0.25) is 4.90 Å². The zero-order chi connectivity index (χ0) is 8.39. The second-order valence-corrected chi connectivity index (χ2v) is 3.23. The molecule has 0 N–H and O–H groups in total. The highest BCUT2D eigenvalue weighted by molar-refractivity contribution is 4.97. The van der Waals surface area contributed by atoms with Gasteiger partial charge in [0.2, 0.25) is 0 Å². The summed E-state index contributed by atoms with van der Waals surface area (Å²) in [5, 5.41) is 0. The maximum Gasteiger partial charge on any atom is 0.117 e. The van der Waals surface area contributed by atoms with Crippen molar-refractivity contribution >= 4 is 0 Å². The van der Waals surface area contributed by atoms with Crippen molar-refractivity contribution in [2.75, 3.05) is 20.2 Å². The van der Waals surface area contributed by atoms with Crippen molar-refractivity contribution in [3.63, 3.8) is 0 Å². The van der Waals surface area contributed by atoms with Crippen LogP contribution in [0.4, 0.5) is 0 Å². The molecular weight excluding hydrogens is 154 g/mol. The normalized spacial score (nSPS) is 21.7. The number of hydrogen-bond donors (Lipinski definition) is 0. The van der Waals surface area contributed by atoms with Gasteiger partial charge in [-0.05, 0) is 19.2 Å². The fraction of sp³-hybridized carbons (Fsp3) is 0.556. The third-order valence-corrected chi connectivity index (χ3v) is 1.92. The first-order valence-electron chi connectivity index (χ1n) is 4.17. The topological polar surface area (TPSA) is 28.9 Å². The fourth-order valence-electron chi connectivity index (χ4n) is 1.25. The van der Waals surface area contributed by atoms with E-state index in [2.05, 4.69) is 11.9 Å². The van der Waals surface area contributed by atoms with Gasteiger partial charge in [-0.2, -0.15) is 0 Å². The molecule has 0 aliphatic carbocycles. The summed E-state index contributed by atoms with van der Waals surface area (Å²) in [7, 11) is 2.07. The second kappa shape index (κ2) is 3.29. The van der Waals surface area contributed by atoms with Crippen molar-refractivity contribution in [1.82, 2.24) is 4.90 Å². The molecule has 2 rings (SSSR count). The van der Waals surface area contributed by atoms with E-state index in [9.17, 15) is 0 Å². The van der Waals surface area contributed by atoms with Crippen molar-refractivity contribution in [3.05, 3.63) is 24.2 Å². The van der Waals surface area contributed by atoms with Crippen molar-refractivity contribution in [1.29, 1.82) is 0 Å². The summed E-state index contributed by atoms with van der Waals surface area (Å²) in [5.74, 6) is 1.01. The van der Waals surface area contributed by atoms with Crippen LogP contribution >= 0.6 is 0 Å². The quantitative estimate of drug-likeness (QED) is 0.629. The number of ether oxygens (including phenoxy) is 1. The Kier molecular flexibility index (Phi) is 2.15. The average molecular weight is 167 g/mol. The zero-order valence-electron chi connectivity index (χ0n) is 7.19. The highest BCUT2D eigenvalue weighted by atomic mass is 16.6. The molecule has 1 atom stereocenters. The molecule has 3 heteroatoms. The van der Waals surface area contributed by atoms with Gasteiger partial charge in [-0.1, -0.05) is 0 Å². The Labute approximate surface area is 71.9 Å². The second-order valence-electron chi connectivity index (χ2n) is 3.23. The molecule has 0 aromatic carbocycles. The number of rotatable bonds is 4. The van der Waals surface area contributed by atoms with Gasteiger partial charge in [0, 0.05) is 6.54 Å². The lowest BCUT2D eigenvalue weighted by molar-refractivity contribution is 0.260. The number of nitrogens with zero attached hydrogens (tertiary/aromatic N) is 1. The van der Waals surface area contributed by atoms with Crippen LogP contribution in [0.15, 0.2) is 22.8 Å². The minimum absolute atomic E-state index is 0.463. The van der Waals surface area contributed by atoms with Crippen molar-refractivity contribution in [2.45, 2.75) is 12.6 Å². The molecule has 0 amide bonds. The number of furan rings is 1. The van der Waals surface area contributed by atoms with Gasteiger partial charge in [-0.25, -0.2) is 0 Å². The molecule has 1 aliphatic heterocycles. The highest BCUT2D eigenvalue weighted by Gasteiger charge is 2.23. The van der Waals surface area contributed by atoms with E-state index in [4.69, 9.17) is 9.15 Å². The fourth-order valence-corrected chi connectivity index (χ4v) is 1.25. The van der Waals surface area contributed by atoms with Crippen LogP contribution in [0.3, 0.4) is 0 Å². The minimum atomic E-state index is 0.463. The van der Waals surface area contributed by atoms with E-state index in [1.807, 2.05) is 12.1 Å². The van der Waals surface area contributed by atoms with Crippen LogP contribution in [0.1, 0.15) is 5.76 Å². The van der Waals surface area contributed by atoms with Crippen LogP contribution in [0.5, 0.6) is 0 Å². The van der Waals surface area contributed by atoms with Crippen LogP contribution in [0.25, 0.3) is 0 Å². The molecule has 12 heavy (non-hydrogen) atoms. The largest absolute Gasteiger partial charge is 0.468 e. The Bertz CT molecular complexity index is 229. The summed E-state index contributed by atoms with van der Waals surface area (Å²) in [5.41, 5.74) is 0. The molecule has 0 saturated carbocycles. The Morgan fingerprint density at radius 3 is 3.08 bits per heavy atom. The number of likely N-dealkylation sites (N-methyl/N-ethyl adjacent to an activating group) is 1. The van der Waals surface area contributed by atoms with Crippen molar-refractivity contribution < 1.29 is 9.15 Å². The molecule has 1 aromatic rings. The average Bonchev–Trinajstić information content (AvgIpc) is 2.66. The Morgan fingerprint density at radius 1 is 1.67 bits per heavy atom. The van der Waals surface area contributed by atoms with Crippen LogP contribution in [0.2, 0.25) is 0 Å². The highest BCUT2D eigenvalue weighted by Crippen LogP contribution is 2.11. The van der Waals surface area contributed by atoms with E-state index in [0.29, 0.717) is 6.10 Å². The van der Waals surface area contributed by atoms with Gasteiger partial charge in [0.15, 0.2) is 0 Å². The monoisotopic (exact) mass is 167 g/mol. The first kappa shape index (κ1) is 7.83. The molecule has 0 bridgehead atoms. The van der Waals surface area contributed by atoms with Gasteiger partial charge in [0.05, 0.1) is 25.5 Å². The Balaban J connectivity index is 1.77. The summed E-state index contributed by atoms with van der Waals surface area (Å²) in [4.78, 5) is 2.20. The first-order chi connectivity index (χ1) is 5.84. The van der Waals surface area contributed by atoms with Gasteiger partial charge in [-0.15, -0.1) is 0 Å². The smallest absolute Gasteiger partial charge is 0.117 e. The third kappa shape index (κ3) is 2.09. The number of hydrogen-bond acceptors (Lipinski definition) is 3. The van der Waals surface area contributed by atoms with E-state index in [1.165, 1.54) is 0 Å². The molecular formula is C9H13NO2. The van der Waals surface area contributed by atoms with Crippen molar-refractivity contribution in [2.24, 2.45) is 0 Å². The maximum atomic E-state index is 5.22. The standard InChI is InChI=1S/C9H13NO2/c1-10(6-9-7-12-9)5-8-3-2-4-11-8/h2-4,9H,5-7H2,1H3. The van der Waals surface area contributed by atoms with Gasteiger partial charge in [0.25, 0.3) is 0 Å². The molecule has 0 spiro atoms. The van der Waals surface area contributed by atoms with E-state index in [-0.39, 0.29) is 0 Å². The molecule has 0 radical (unpaired) electrons. The van der Waals surface area contributed by atoms with Gasteiger partial charge in [0.1, 0.15) is 5.76 Å². The summed E-state index contributed by atoms with van der Waals surface area (Å²) in [6, 6.07) is 3.90. The van der Waals surface area contributed by atoms with E-state index >= 15 is 0 Å². The predicted octanol–water partition coefficient (Wildman–Crippen LogP) is 1.11. The molecule has 1 fully saturated rings. The maximum absolute atomic E-state index is 5.22. The SMILES string of the molecule is CN(Cc1ccco1)CC1CO1. The Hall–Kier alpha value is -0.800. The summed E-state index contributed by atoms with van der Waals surface area (Å²) < 4.78 is 10.3. The molecule has 1 saturated heterocycles. The molecule has 2 heterocycles. The van der Waals surface area contributed by atoms with Crippen LogP contribution in [0, 0.1) is 0 Å². The van der Waals surface area contributed by atoms with Crippen LogP contribution in [-0.4, -0.2) is 31.2 Å². The van der Waals surface area contributed by atoms with Crippen molar-refractivity contribution in [3.8, 4) is 0 Å². The lowest BCUT2D eigenvalue weighted by Crippen LogP contribution is -2.22. The first-order valence-corrected chi connectivity index (χ1v) is 4.17. The summed E-state index contributed by atoms with van der Waals surface area (Å²) in [6.45, 7) is 2.79. The van der Waals surface area contributed by atoms with Gasteiger partial charge >= 0.3 is 0 Å². The molecule has 1 unspecified atom stereocenters. The lowest BCUT2D eigenvalue weighted by Gasteiger charge is -2.12. The van der Waals surface area contributed by atoms with Gasteiger partial charge < -0.3 is 9.15 Å². The van der Waals surface area contributed by atoms with Crippen LogP contribution < -0.4 is 0 Å². The number of epoxide rings is 1. The summed E-state index contributed by atoms with van der Waals surface area (Å²) >= 11 is 0. The van der Waals surface area contributed by atoms with E-state index in [0.717, 1.165) is 25.5 Å². The molecule has 1 aliphatic rings. The van der Waals surface area contributed by atoms with E-state index < -0.39 is 0 Å². The molecule has 66 valence electrons. The lowest BCUT2D eigenvalue weighted by atomic mass is 10.4. The van der Waals surface area contributed by atoms with E-state index in [1.54, 1.807) is 6.26 Å². The third-order valence-electron chi connectivity index (χ3n) is 1.92.